The number of ether oxygens (including phenoxy) is 2. The lowest BCUT2D eigenvalue weighted by Crippen LogP contribution is -2.34. The molecule has 8 heteroatoms. The molecule has 5 nitrogen and oxygen atoms in total. The summed E-state index contributed by atoms with van der Waals surface area (Å²) in [7, 11) is 3.09. The summed E-state index contributed by atoms with van der Waals surface area (Å²) in [6.07, 6.45) is 0. The zero-order chi connectivity index (χ0) is 18.7. The number of methoxy groups -OCH3 is 2. The van der Waals surface area contributed by atoms with Gasteiger partial charge in [-0.3, -0.25) is 0 Å². The summed E-state index contributed by atoms with van der Waals surface area (Å²) >= 11 is 1.57. The van der Waals surface area contributed by atoms with Gasteiger partial charge in [0.05, 0.1) is 19.9 Å². The van der Waals surface area contributed by atoms with Gasteiger partial charge in [-0.05, 0) is 18.2 Å². The summed E-state index contributed by atoms with van der Waals surface area (Å²) in [5.74, 6) is 0.337. The van der Waals surface area contributed by atoms with Gasteiger partial charge in [-0.25, -0.2) is 13.6 Å². The third-order valence-electron chi connectivity index (χ3n) is 4.02. The lowest BCUT2D eigenvalue weighted by Gasteiger charge is -2.26. The Kier molecular flexibility index (Phi) is 5.51. The maximum Gasteiger partial charge on any atom is 0.323 e. The van der Waals surface area contributed by atoms with Gasteiger partial charge in [-0.2, -0.15) is 0 Å². The van der Waals surface area contributed by atoms with Crippen LogP contribution in [0, 0.1) is 11.6 Å². The maximum absolute atomic E-state index is 13.8. The smallest absolute Gasteiger partial charge is 0.323 e. The summed E-state index contributed by atoms with van der Waals surface area (Å²) in [5.41, 5.74) is 0.730. The molecule has 0 aromatic heterocycles. The van der Waals surface area contributed by atoms with Crippen LogP contribution in [-0.4, -0.2) is 37.4 Å². The van der Waals surface area contributed by atoms with E-state index in [1.807, 2.05) is 12.1 Å². The predicted molar refractivity (Wildman–Crippen MR) is 96.8 cm³/mol. The molecule has 0 unspecified atom stereocenters. The lowest BCUT2D eigenvalue weighted by molar-refractivity contribution is 0.213. The van der Waals surface area contributed by atoms with E-state index in [2.05, 4.69) is 5.32 Å². The number of para-hydroxylation sites is 1. The van der Waals surface area contributed by atoms with Gasteiger partial charge in [0.25, 0.3) is 0 Å². The van der Waals surface area contributed by atoms with Crippen molar-refractivity contribution in [2.24, 2.45) is 0 Å². The van der Waals surface area contributed by atoms with Gasteiger partial charge < -0.3 is 19.7 Å². The number of rotatable bonds is 4. The molecule has 3 rings (SSSR count). The number of anilines is 1. The van der Waals surface area contributed by atoms with Crippen LogP contribution < -0.4 is 14.8 Å². The van der Waals surface area contributed by atoms with E-state index in [9.17, 15) is 13.6 Å². The molecule has 1 fully saturated rings. The Morgan fingerprint density at radius 2 is 2.04 bits per heavy atom. The molecule has 0 spiro atoms. The minimum Gasteiger partial charge on any atom is -0.493 e. The second-order valence-electron chi connectivity index (χ2n) is 5.55. The van der Waals surface area contributed by atoms with Crippen molar-refractivity contribution in [1.29, 1.82) is 0 Å². The molecule has 138 valence electrons. The van der Waals surface area contributed by atoms with Gasteiger partial charge in [-0.15, -0.1) is 11.8 Å². The molecule has 0 radical (unpaired) electrons. The zero-order valence-electron chi connectivity index (χ0n) is 14.3. The van der Waals surface area contributed by atoms with E-state index in [-0.39, 0.29) is 11.1 Å². The van der Waals surface area contributed by atoms with Crippen LogP contribution in [0.3, 0.4) is 0 Å². The highest BCUT2D eigenvalue weighted by Gasteiger charge is 2.33. The summed E-state index contributed by atoms with van der Waals surface area (Å²) in [6, 6.07) is 8.04. The second-order valence-corrected chi connectivity index (χ2v) is 6.74. The van der Waals surface area contributed by atoms with Crippen LogP contribution in [0.2, 0.25) is 0 Å². The average molecular weight is 380 g/mol. The number of nitrogens with one attached hydrogen (secondary N) is 1. The van der Waals surface area contributed by atoms with Crippen LogP contribution in [0.1, 0.15) is 10.9 Å². The number of hydrogen-bond acceptors (Lipinski definition) is 4. The molecule has 1 heterocycles. The highest BCUT2D eigenvalue weighted by atomic mass is 32.2. The van der Waals surface area contributed by atoms with Crippen LogP contribution in [0.4, 0.5) is 19.3 Å². The average Bonchev–Trinajstić information content (AvgIpc) is 3.12. The van der Waals surface area contributed by atoms with Gasteiger partial charge in [0.1, 0.15) is 17.0 Å². The largest absolute Gasteiger partial charge is 0.493 e. The van der Waals surface area contributed by atoms with E-state index in [0.717, 1.165) is 23.4 Å². The molecule has 1 atom stereocenters. The number of carbonyl (C=O) groups excluding carboxylic acids is 1. The van der Waals surface area contributed by atoms with E-state index in [4.69, 9.17) is 9.47 Å². The summed E-state index contributed by atoms with van der Waals surface area (Å²) in [5, 5.41) is 2.20. The molecule has 2 amide bonds. The Labute approximate surface area is 154 Å². The van der Waals surface area contributed by atoms with E-state index in [1.165, 1.54) is 6.07 Å². The first-order valence-corrected chi connectivity index (χ1v) is 8.95. The molecule has 1 saturated heterocycles. The number of carbonyl (C=O) groups is 1. The Balaban J connectivity index is 1.85. The van der Waals surface area contributed by atoms with Crippen molar-refractivity contribution in [3.63, 3.8) is 0 Å². The van der Waals surface area contributed by atoms with Crippen molar-refractivity contribution in [3.05, 3.63) is 53.6 Å². The topological polar surface area (TPSA) is 50.8 Å². The fourth-order valence-corrected chi connectivity index (χ4v) is 4.09. The fraction of sp³-hybridized carbons (Fsp3) is 0.278. The van der Waals surface area contributed by atoms with Crippen LogP contribution in [0.25, 0.3) is 0 Å². The molecule has 0 aliphatic carbocycles. The van der Waals surface area contributed by atoms with Crippen LogP contribution >= 0.6 is 11.8 Å². The van der Waals surface area contributed by atoms with Crippen molar-refractivity contribution in [2.75, 3.05) is 31.8 Å². The third-order valence-corrected chi connectivity index (χ3v) is 5.27. The number of amides is 2. The molecule has 1 aliphatic rings. The Morgan fingerprint density at radius 1 is 1.23 bits per heavy atom. The Hall–Kier alpha value is -2.48. The number of urea groups is 1. The summed E-state index contributed by atoms with van der Waals surface area (Å²) < 4.78 is 37.6. The van der Waals surface area contributed by atoms with Crippen molar-refractivity contribution in [2.45, 2.75) is 5.37 Å². The van der Waals surface area contributed by atoms with Crippen LogP contribution in [0.5, 0.6) is 11.5 Å². The number of halogens is 2. The predicted octanol–water partition coefficient (Wildman–Crippen LogP) is 4.26. The number of hydrogen-bond donors (Lipinski definition) is 1. The van der Waals surface area contributed by atoms with Crippen LogP contribution in [-0.2, 0) is 0 Å². The molecule has 2 aromatic carbocycles. The second kappa shape index (κ2) is 7.82. The molecule has 0 bridgehead atoms. The fourth-order valence-electron chi connectivity index (χ4n) is 2.82. The SMILES string of the molecule is COc1cccc([C@@H]2SCCN2C(=O)Nc2ccc(F)cc2F)c1OC. The molecule has 26 heavy (non-hydrogen) atoms. The first-order chi connectivity index (χ1) is 12.5. The monoisotopic (exact) mass is 380 g/mol. The van der Waals surface area contributed by atoms with E-state index >= 15 is 0 Å². The standard InChI is InChI=1S/C18H18F2N2O3S/c1-24-15-5-3-4-12(16(15)25-2)17-22(8-9-26-17)18(23)21-14-7-6-11(19)10-13(14)20/h3-7,10,17H,8-9H2,1-2H3,(H,21,23)/t17-/m0/s1. The zero-order valence-corrected chi connectivity index (χ0v) is 15.1. The maximum atomic E-state index is 13.8. The van der Waals surface area contributed by atoms with Crippen molar-refractivity contribution < 1.29 is 23.0 Å². The molecule has 2 aromatic rings. The lowest BCUT2D eigenvalue weighted by atomic mass is 10.1. The molecule has 1 aliphatic heterocycles. The first kappa shape index (κ1) is 18.3. The van der Waals surface area contributed by atoms with Crippen molar-refractivity contribution in [1.82, 2.24) is 4.90 Å². The minimum absolute atomic E-state index is 0.0651. The number of thioether (sulfide) groups is 1. The summed E-state index contributed by atoms with van der Waals surface area (Å²) in [4.78, 5) is 14.2. The van der Waals surface area contributed by atoms with Gasteiger partial charge in [0.2, 0.25) is 0 Å². The van der Waals surface area contributed by atoms with E-state index < -0.39 is 17.7 Å². The molecular weight excluding hydrogens is 362 g/mol. The van der Waals surface area contributed by atoms with Gasteiger partial charge in [0, 0.05) is 23.9 Å². The minimum atomic E-state index is -0.819. The molecule has 1 N–H and O–H groups in total. The highest BCUT2D eigenvalue weighted by molar-refractivity contribution is 7.99. The molecular formula is C18H18F2N2O3S. The third kappa shape index (κ3) is 3.55. The summed E-state index contributed by atoms with van der Waals surface area (Å²) in [6.45, 7) is 0.490. The quantitative estimate of drug-likeness (QED) is 0.861. The van der Waals surface area contributed by atoms with Gasteiger partial charge in [0.15, 0.2) is 11.5 Å². The number of benzene rings is 2. The first-order valence-electron chi connectivity index (χ1n) is 7.90. The number of nitrogens with zero attached hydrogens (tertiary/aromatic N) is 1. The Bertz CT molecular complexity index is 819. The normalized spacial score (nSPS) is 16.5. The van der Waals surface area contributed by atoms with Crippen molar-refractivity contribution in [3.8, 4) is 11.5 Å². The van der Waals surface area contributed by atoms with E-state index in [1.54, 1.807) is 36.9 Å². The van der Waals surface area contributed by atoms with Crippen LogP contribution in [0.15, 0.2) is 36.4 Å². The van der Waals surface area contributed by atoms with E-state index in [0.29, 0.717) is 18.0 Å². The highest BCUT2D eigenvalue weighted by Crippen LogP contribution is 2.45. The van der Waals surface area contributed by atoms with Gasteiger partial charge >= 0.3 is 6.03 Å². The molecule has 0 saturated carbocycles. The Morgan fingerprint density at radius 3 is 2.73 bits per heavy atom. The van der Waals surface area contributed by atoms with Gasteiger partial charge in [-0.1, -0.05) is 12.1 Å². The van der Waals surface area contributed by atoms with Crippen molar-refractivity contribution >= 4 is 23.5 Å².